The summed E-state index contributed by atoms with van der Waals surface area (Å²) in [5, 5.41) is 2.94. The molecule has 0 aromatic heterocycles. The summed E-state index contributed by atoms with van der Waals surface area (Å²) >= 11 is 0. The van der Waals surface area contributed by atoms with Crippen molar-refractivity contribution in [1.82, 2.24) is 4.90 Å². The normalized spacial score (nSPS) is 20.2. The van der Waals surface area contributed by atoms with Gasteiger partial charge in [-0.15, -0.1) is 0 Å². The Morgan fingerprint density at radius 1 is 1.57 bits per heavy atom. The first-order valence-electron chi connectivity index (χ1n) is 7.57. The number of nitrogens with one attached hydrogen (secondary N) is 1. The van der Waals surface area contributed by atoms with E-state index in [0.29, 0.717) is 23.2 Å². The molecule has 1 aromatic rings. The molecule has 1 aliphatic heterocycles. The SMILES string of the molecule is CCC1CCCN1C(C)C(=O)Nc1cc(N)ccc1OC. The Bertz CT molecular complexity index is 504. The highest BCUT2D eigenvalue weighted by molar-refractivity contribution is 5.96. The first-order chi connectivity index (χ1) is 10.1. The lowest BCUT2D eigenvalue weighted by atomic mass is 10.1. The summed E-state index contributed by atoms with van der Waals surface area (Å²) in [5.41, 5.74) is 7.01. The summed E-state index contributed by atoms with van der Waals surface area (Å²) in [4.78, 5) is 14.8. The zero-order chi connectivity index (χ0) is 15.4. The molecule has 0 spiro atoms. The van der Waals surface area contributed by atoms with Crippen molar-refractivity contribution < 1.29 is 9.53 Å². The molecule has 0 radical (unpaired) electrons. The summed E-state index contributed by atoms with van der Waals surface area (Å²) in [5.74, 6) is 0.609. The number of benzene rings is 1. The molecule has 1 saturated heterocycles. The number of nitrogen functional groups attached to an aromatic ring is 1. The van der Waals surface area contributed by atoms with Gasteiger partial charge in [0.05, 0.1) is 18.8 Å². The molecule has 5 heteroatoms. The number of ether oxygens (including phenoxy) is 1. The van der Waals surface area contributed by atoms with Gasteiger partial charge >= 0.3 is 0 Å². The number of methoxy groups -OCH3 is 1. The molecule has 1 heterocycles. The van der Waals surface area contributed by atoms with Crippen molar-refractivity contribution in [2.45, 2.75) is 45.2 Å². The van der Waals surface area contributed by atoms with E-state index in [0.717, 1.165) is 19.4 Å². The summed E-state index contributed by atoms with van der Waals surface area (Å²) < 4.78 is 5.26. The van der Waals surface area contributed by atoms with E-state index in [1.165, 1.54) is 6.42 Å². The predicted molar refractivity (Wildman–Crippen MR) is 85.5 cm³/mol. The van der Waals surface area contributed by atoms with Crippen molar-refractivity contribution in [3.05, 3.63) is 18.2 Å². The van der Waals surface area contributed by atoms with E-state index < -0.39 is 0 Å². The van der Waals surface area contributed by atoms with Crippen LogP contribution in [0.5, 0.6) is 5.75 Å². The Labute approximate surface area is 126 Å². The van der Waals surface area contributed by atoms with E-state index in [4.69, 9.17) is 10.5 Å². The van der Waals surface area contributed by atoms with Gasteiger partial charge in [-0.05, 0) is 50.9 Å². The largest absolute Gasteiger partial charge is 0.495 e. The van der Waals surface area contributed by atoms with E-state index in [9.17, 15) is 4.79 Å². The zero-order valence-electron chi connectivity index (χ0n) is 13.1. The maximum absolute atomic E-state index is 12.5. The van der Waals surface area contributed by atoms with Gasteiger partial charge in [0.15, 0.2) is 0 Å². The Kier molecular flexibility index (Phi) is 5.07. The van der Waals surface area contributed by atoms with Crippen LogP contribution in [0, 0.1) is 0 Å². The van der Waals surface area contributed by atoms with Crippen molar-refractivity contribution in [3.8, 4) is 5.75 Å². The topological polar surface area (TPSA) is 67.6 Å². The summed E-state index contributed by atoms with van der Waals surface area (Å²) in [7, 11) is 1.58. The van der Waals surface area contributed by atoms with Gasteiger partial charge < -0.3 is 15.8 Å². The maximum atomic E-state index is 12.5. The second-order valence-corrected chi connectivity index (χ2v) is 5.57. The molecule has 0 aliphatic carbocycles. The number of hydrogen-bond donors (Lipinski definition) is 2. The number of nitrogens with zero attached hydrogens (tertiary/aromatic N) is 1. The van der Waals surface area contributed by atoms with Gasteiger partial charge in [0, 0.05) is 11.7 Å². The summed E-state index contributed by atoms with van der Waals surface area (Å²) in [6.07, 6.45) is 3.42. The fraction of sp³-hybridized carbons (Fsp3) is 0.562. The van der Waals surface area contributed by atoms with Gasteiger partial charge in [-0.3, -0.25) is 9.69 Å². The number of likely N-dealkylation sites (tertiary alicyclic amines) is 1. The Hall–Kier alpha value is -1.75. The monoisotopic (exact) mass is 291 g/mol. The molecule has 116 valence electrons. The van der Waals surface area contributed by atoms with Crippen LogP contribution in [0.4, 0.5) is 11.4 Å². The third-order valence-electron chi connectivity index (χ3n) is 4.25. The molecule has 2 unspecified atom stereocenters. The van der Waals surface area contributed by atoms with Crippen molar-refractivity contribution in [2.75, 3.05) is 24.7 Å². The lowest BCUT2D eigenvalue weighted by molar-refractivity contribution is -0.121. The molecular weight excluding hydrogens is 266 g/mol. The van der Waals surface area contributed by atoms with Crippen LogP contribution in [0.2, 0.25) is 0 Å². The Morgan fingerprint density at radius 3 is 3.00 bits per heavy atom. The number of amides is 1. The minimum absolute atomic E-state index is 0.0146. The van der Waals surface area contributed by atoms with E-state index in [1.807, 2.05) is 6.92 Å². The van der Waals surface area contributed by atoms with Crippen LogP contribution in [0.1, 0.15) is 33.1 Å². The standard InChI is InChI=1S/C16H25N3O2/c1-4-13-6-5-9-19(13)11(2)16(20)18-14-10-12(17)7-8-15(14)21-3/h7-8,10-11,13H,4-6,9,17H2,1-3H3,(H,18,20). The highest BCUT2D eigenvalue weighted by Crippen LogP contribution is 2.28. The molecule has 1 aliphatic rings. The molecule has 1 fully saturated rings. The number of nitrogens with two attached hydrogens (primary N) is 1. The number of rotatable bonds is 5. The van der Waals surface area contributed by atoms with Gasteiger partial charge in [0.25, 0.3) is 0 Å². The van der Waals surface area contributed by atoms with Crippen LogP contribution in [0.15, 0.2) is 18.2 Å². The molecule has 2 atom stereocenters. The minimum Gasteiger partial charge on any atom is -0.495 e. The number of hydrogen-bond acceptors (Lipinski definition) is 4. The second-order valence-electron chi connectivity index (χ2n) is 5.57. The summed E-state index contributed by atoms with van der Waals surface area (Å²) in [6, 6.07) is 5.60. The average molecular weight is 291 g/mol. The highest BCUT2D eigenvalue weighted by atomic mass is 16.5. The maximum Gasteiger partial charge on any atom is 0.241 e. The lowest BCUT2D eigenvalue weighted by Crippen LogP contribution is -2.44. The molecule has 0 bridgehead atoms. The van der Waals surface area contributed by atoms with Crippen LogP contribution >= 0.6 is 0 Å². The number of carbonyl (C=O) groups is 1. The van der Waals surface area contributed by atoms with Crippen LogP contribution in [0.3, 0.4) is 0 Å². The Morgan fingerprint density at radius 2 is 2.33 bits per heavy atom. The fourth-order valence-electron chi connectivity index (χ4n) is 3.02. The average Bonchev–Trinajstić information content (AvgIpc) is 2.95. The smallest absolute Gasteiger partial charge is 0.241 e. The molecule has 5 nitrogen and oxygen atoms in total. The lowest BCUT2D eigenvalue weighted by Gasteiger charge is -2.29. The molecule has 3 N–H and O–H groups in total. The van der Waals surface area contributed by atoms with Crippen molar-refractivity contribution in [2.24, 2.45) is 0 Å². The molecular formula is C16H25N3O2. The van der Waals surface area contributed by atoms with Crippen LogP contribution in [-0.4, -0.2) is 36.5 Å². The third kappa shape index (κ3) is 3.47. The van der Waals surface area contributed by atoms with Gasteiger partial charge in [0.2, 0.25) is 5.91 Å². The van der Waals surface area contributed by atoms with Gasteiger partial charge in [-0.25, -0.2) is 0 Å². The number of carbonyl (C=O) groups excluding carboxylic acids is 1. The predicted octanol–water partition coefficient (Wildman–Crippen LogP) is 2.48. The van der Waals surface area contributed by atoms with Gasteiger partial charge in [-0.2, -0.15) is 0 Å². The van der Waals surface area contributed by atoms with E-state index in [-0.39, 0.29) is 11.9 Å². The van der Waals surface area contributed by atoms with E-state index >= 15 is 0 Å². The highest BCUT2D eigenvalue weighted by Gasteiger charge is 2.31. The quantitative estimate of drug-likeness (QED) is 0.818. The third-order valence-corrected chi connectivity index (χ3v) is 4.25. The minimum atomic E-state index is -0.149. The van der Waals surface area contributed by atoms with Crippen LogP contribution < -0.4 is 15.8 Å². The Balaban J connectivity index is 2.09. The van der Waals surface area contributed by atoms with Crippen LogP contribution in [-0.2, 0) is 4.79 Å². The zero-order valence-corrected chi connectivity index (χ0v) is 13.1. The first-order valence-corrected chi connectivity index (χ1v) is 7.57. The molecule has 2 rings (SSSR count). The molecule has 21 heavy (non-hydrogen) atoms. The van der Waals surface area contributed by atoms with Gasteiger partial charge in [0.1, 0.15) is 5.75 Å². The van der Waals surface area contributed by atoms with Crippen molar-refractivity contribution in [1.29, 1.82) is 0 Å². The molecule has 1 aromatic carbocycles. The van der Waals surface area contributed by atoms with Crippen molar-refractivity contribution in [3.63, 3.8) is 0 Å². The summed E-state index contributed by atoms with van der Waals surface area (Å²) in [6.45, 7) is 5.12. The van der Waals surface area contributed by atoms with E-state index in [1.54, 1.807) is 25.3 Å². The molecule has 1 amide bonds. The molecule has 0 saturated carbocycles. The van der Waals surface area contributed by atoms with E-state index in [2.05, 4.69) is 17.1 Å². The second kappa shape index (κ2) is 6.80. The first kappa shape index (κ1) is 15.6. The van der Waals surface area contributed by atoms with Crippen LogP contribution in [0.25, 0.3) is 0 Å². The fourth-order valence-corrected chi connectivity index (χ4v) is 3.02. The van der Waals surface area contributed by atoms with Crippen molar-refractivity contribution >= 4 is 17.3 Å². The van der Waals surface area contributed by atoms with Gasteiger partial charge in [-0.1, -0.05) is 6.92 Å². The number of anilines is 2.